The van der Waals surface area contributed by atoms with E-state index in [1.54, 1.807) is 0 Å². The molecule has 0 aliphatic carbocycles. The third-order valence-corrected chi connectivity index (χ3v) is 4.09. The van der Waals surface area contributed by atoms with E-state index < -0.39 is 0 Å². The molecule has 1 aliphatic heterocycles. The lowest BCUT2D eigenvalue weighted by molar-refractivity contribution is -0.120. The molecule has 5 heteroatoms. The lowest BCUT2D eigenvalue weighted by Crippen LogP contribution is -2.44. The van der Waals surface area contributed by atoms with Gasteiger partial charge in [0.2, 0.25) is 11.8 Å². The molecule has 0 atom stereocenters. The molecule has 0 saturated heterocycles. The van der Waals surface area contributed by atoms with Crippen molar-refractivity contribution < 1.29 is 9.59 Å². The van der Waals surface area contributed by atoms with Gasteiger partial charge in [-0.1, -0.05) is 38.1 Å². The molecule has 0 unspecified atom stereocenters. The molecule has 2 aromatic carbocycles. The number of anilines is 3. The van der Waals surface area contributed by atoms with Crippen LogP contribution in [0.25, 0.3) is 0 Å². The Morgan fingerprint density at radius 3 is 2.58 bits per heavy atom. The van der Waals surface area contributed by atoms with E-state index in [0.29, 0.717) is 5.92 Å². The fourth-order valence-corrected chi connectivity index (χ4v) is 2.73. The topological polar surface area (TPSA) is 61.4 Å². The lowest BCUT2D eigenvalue weighted by atomic mass is 10.0. The average Bonchev–Trinajstić information content (AvgIpc) is 2.58. The highest BCUT2D eigenvalue weighted by atomic mass is 16.2. The van der Waals surface area contributed by atoms with Crippen LogP contribution in [0.4, 0.5) is 17.1 Å². The minimum absolute atomic E-state index is 0.00343. The number of nitrogens with zero attached hydrogens (tertiary/aromatic N) is 1. The molecule has 1 aliphatic rings. The molecular weight excluding hydrogens is 302 g/mol. The highest BCUT2D eigenvalue weighted by Crippen LogP contribution is 2.28. The van der Waals surface area contributed by atoms with Gasteiger partial charge in [0.05, 0.1) is 17.9 Å². The molecule has 0 saturated carbocycles. The number of benzene rings is 2. The van der Waals surface area contributed by atoms with Gasteiger partial charge in [0, 0.05) is 5.69 Å². The first-order chi connectivity index (χ1) is 11.5. The second-order valence-corrected chi connectivity index (χ2v) is 6.18. The van der Waals surface area contributed by atoms with Gasteiger partial charge >= 0.3 is 0 Å². The van der Waals surface area contributed by atoms with Crippen molar-refractivity contribution in [3.8, 4) is 0 Å². The number of carbonyl (C=O) groups is 2. The molecule has 3 rings (SSSR count). The summed E-state index contributed by atoms with van der Waals surface area (Å²) in [5.74, 6) is 0.126. The van der Waals surface area contributed by atoms with E-state index in [1.807, 2.05) is 48.5 Å². The van der Waals surface area contributed by atoms with Crippen molar-refractivity contribution in [3.05, 3.63) is 54.1 Å². The largest absolute Gasteiger partial charge is 0.374 e. The summed E-state index contributed by atoms with van der Waals surface area (Å²) < 4.78 is 0. The predicted octanol–water partition coefficient (Wildman–Crippen LogP) is 3.21. The Balaban J connectivity index is 1.69. The third kappa shape index (κ3) is 3.40. The SMILES string of the molecule is CC(C)c1ccc(NC(=O)CN2C(=O)CNc3ccccc32)cc1. The summed E-state index contributed by atoms with van der Waals surface area (Å²) in [6.45, 7) is 4.46. The number of amides is 2. The molecule has 5 nitrogen and oxygen atoms in total. The predicted molar refractivity (Wildman–Crippen MR) is 96.4 cm³/mol. The zero-order valence-corrected chi connectivity index (χ0v) is 13.9. The van der Waals surface area contributed by atoms with Gasteiger partial charge in [-0.25, -0.2) is 0 Å². The van der Waals surface area contributed by atoms with E-state index in [9.17, 15) is 9.59 Å². The summed E-state index contributed by atoms with van der Waals surface area (Å²) in [5.41, 5.74) is 3.56. The van der Waals surface area contributed by atoms with Crippen LogP contribution in [0, 0.1) is 0 Å². The van der Waals surface area contributed by atoms with Crippen LogP contribution < -0.4 is 15.5 Å². The summed E-state index contributed by atoms with van der Waals surface area (Å²) in [7, 11) is 0. The Kier molecular flexibility index (Phi) is 4.51. The Hall–Kier alpha value is -2.82. The highest BCUT2D eigenvalue weighted by molar-refractivity contribution is 6.07. The van der Waals surface area contributed by atoms with E-state index in [1.165, 1.54) is 10.5 Å². The molecule has 0 fully saturated rings. The second-order valence-electron chi connectivity index (χ2n) is 6.18. The van der Waals surface area contributed by atoms with Crippen LogP contribution >= 0.6 is 0 Å². The van der Waals surface area contributed by atoms with Gasteiger partial charge in [0.25, 0.3) is 0 Å². The van der Waals surface area contributed by atoms with Gasteiger partial charge in [-0.05, 0) is 35.7 Å². The van der Waals surface area contributed by atoms with Crippen molar-refractivity contribution in [1.82, 2.24) is 0 Å². The monoisotopic (exact) mass is 323 g/mol. The summed E-state index contributed by atoms with van der Waals surface area (Å²) >= 11 is 0. The normalized spacial score (nSPS) is 13.5. The van der Waals surface area contributed by atoms with E-state index in [2.05, 4.69) is 24.5 Å². The minimum Gasteiger partial charge on any atom is -0.374 e. The van der Waals surface area contributed by atoms with Crippen molar-refractivity contribution >= 4 is 28.9 Å². The number of hydrogen-bond donors (Lipinski definition) is 2. The number of hydrogen-bond acceptors (Lipinski definition) is 3. The molecule has 0 bridgehead atoms. The highest BCUT2D eigenvalue weighted by Gasteiger charge is 2.25. The van der Waals surface area contributed by atoms with Crippen molar-refractivity contribution in [3.63, 3.8) is 0 Å². The average molecular weight is 323 g/mol. The number of nitrogens with one attached hydrogen (secondary N) is 2. The molecule has 0 radical (unpaired) electrons. The Bertz CT molecular complexity index is 753. The van der Waals surface area contributed by atoms with Crippen molar-refractivity contribution in [1.29, 1.82) is 0 Å². The van der Waals surface area contributed by atoms with E-state index in [0.717, 1.165) is 17.1 Å². The van der Waals surface area contributed by atoms with Gasteiger partial charge in [-0.15, -0.1) is 0 Å². The molecule has 0 aromatic heterocycles. The molecule has 24 heavy (non-hydrogen) atoms. The van der Waals surface area contributed by atoms with Gasteiger partial charge in [-0.3, -0.25) is 14.5 Å². The van der Waals surface area contributed by atoms with Crippen LogP contribution in [-0.2, 0) is 9.59 Å². The first kappa shape index (κ1) is 16.1. The third-order valence-electron chi connectivity index (χ3n) is 4.09. The first-order valence-corrected chi connectivity index (χ1v) is 8.07. The molecule has 124 valence electrons. The summed E-state index contributed by atoms with van der Waals surface area (Å²) in [5, 5.41) is 5.91. The Labute approximate surface area is 141 Å². The van der Waals surface area contributed by atoms with Crippen LogP contribution in [0.2, 0.25) is 0 Å². The Morgan fingerprint density at radius 1 is 1.17 bits per heavy atom. The summed E-state index contributed by atoms with van der Waals surface area (Å²) in [6.07, 6.45) is 0. The van der Waals surface area contributed by atoms with Gasteiger partial charge < -0.3 is 10.6 Å². The van der Waals surface area contributed by atoms with E-state index in [4.69, 9.17) is 0 Å². The van der Waals surface area contributed by atoms with Gasteiger partial charge in [0.15, 0.2) is 0 Å². The van der Waals surface area contributed by atoms with Crippen molar-refractivity contribution in [2.24, 2.45) is 0 Å². The fourth-order valence-electron chi connectivity index (χ4n) is 2.73. The summed E-state index contributed by atoms with van der Waals surface area (Å²) in [6, 6.07) is 15.3. The van der Waals surface area contributed by atoms with Crippen LogP contribution in [0.15, 0.2) is 48.5 Å². The molecule has 0 spiro atoms. The van der Waals surface area contributed by atoms with E-state index >= 15 is 0 Å². The van der Waals surface area contributed by atoms with Crippen LogP contribution in [0.3, 0.4) is 0 Å². The van der Waals surface area contributed by atoms with Gasteiger partial charge in [0.1, 0.15) is 6.54 Å². The summed E-state index contributed by atoms with van der Waals surface area (Å²) in [4.78, 5) is 26.0. The van der Waals surface area contributed by atoms with Crippen LogP contribution in [0.1, 0.15) is 25.3 Å². The maximum absolute atomic E-state index is 12.3. The smallest absolute Gasteiger partial charge is 0.246 e. The number of carbonyl (C=O) groups excluding carboxylic acids is 2. The fraction of sp³-hybridized carbons (Fsp3) is 0.263. The Morgan fingerprint density at radius 2 is 1.88 bits per heavy atom. The maximum Gasteiger partial charge on any atom is 0.246 e. The second kappa shape index (κ2) is 6.74. The van der Waals surface area contributed by atoms with E-state index in [-0.39, 0.29) is 24.9 Å². The van der Waals surface area contributed by atoms with Crippen molar-refractivity contribution in [2.45, 2.75) is 19.8 Å². The molecule has 1 heterocycles. The first-order valence-electron chi connectivity index (χ1n) is 8.07. The number of rotatable bonds is 4. The maximum atomic E-state index is 12.3. The van der Waals surface area contributed by atoms with Gasteiger partial charge in [-0.2, -0.15) is 0 Å². The molecule has 2 amide bonds. The zero-order valence-electron chi connectivity index (χ0n) is 13.9. The molecular formula is C19H21N3O2. The minimum atomic E-state index is -0.211. The van der Waals surface area contributed by atoms with Crippen molar-refractivity contribution in [2.75, 3.05) is 28.6 Å². The number of fused-ring (bicyclic) bond motifs is 1. The molecule has 2 aromatic rings. The molecule has 2 N–H and O–H groups in total. The van der Waals surface area contributed by atoms with Crippen LogP contribution in [-0.4, -0.2) is 24.9 Å². The number of para-hydroxylation sites is 2. The zero-order chi connectivity index (χ0) is 17.1. The lowest BCUT2D eigenvalue weighted by Gasteiger charge is -2.29. The standard InChI is InChI=1S/C19H21N3O2/c1-13(2)14-7-9-15(10-8-14)21-18(23)12-22-17-6-4-3-5-16(17)20-11-19(22)24/h3-10,13,20H,11-12H2,1-2H3,(H,21,23). The quantitative estimate of drug-likeness (QED) is 0.908. The van der Waals surface area contributed by atoms with Crippen LogP contribution in [0.5, 0.6) is 0 Å².